The van der Waals surface area contributed by atoms with Gasteiger partial charge in [0.2, 0.25) is 10.0 Å². The molecule has 0 aliphatic rings. The highest BCUT2D eigenvalue weighted by molar-refractivity contribution is 7.89. The summed E-state index contributed by atoms with van der Waals surface area (Å²) in [7, 11) is -4.55. The second kappa shape index (κ2) is 9.74. The van der Waals surface area contributed by atoms with Gasteiger partial charge in [0.25, 0.3) is 0 Å². The van der Waals surface area contributed by atoms with Gasteiger partial charge in [0.15, 0.2) is 0 Å². The van der Waals surface area contributed by atoms with E-state index in [9.17, 15) is 31.2 Å². The van der Waals surface area contributed by atoms with Crippen LogP contribution in [0.4, 0.5) is 17.6 Å². The van der Waals surface area contributed by atoms with Crippen molar-refractivity contribution in [3.05, 3.63) is 70.9 Å². The second-order valence-electron chi connectivity index (χ2n) is 8.11. The summed E-state index contributed by atoms with van der Waals surface area (Å²) in [6, 6.07) is 6.49. The average molecular weight is 552 g/mol. The number of aryl methyl sites for hydroxylation is 1. The zero-order chi connectivity index (χ0) is 27.1. The molecule has 0 radical (unpaired) electrons. The Hall–Kier alpha value is -3.53. The first-order chi connectivity index (χ1) is 17.4. The van der Waals surface area contributed by atoms with Crippen molar-refractivity contribution in [3.63, 3.8) is 0 Å². The van der Waals surface area contributed by atoms with E-state index in [1.807, 2.05) is 0 Å². The Morgan fingerprint density at radius 2 is 1.92 bits per heavy atom. The molecule has 1 aromatic carbocycles. The van der Waals surface area contributed by atoms with Gasteiger partial charge in [-0.2, -0.15) is 23.2 Å². The fourth-order valence-electron chi connectivity index (χ4n) is 3.81. The predicted octanol–water partition coefficient (Wildman–Crippen LogP) is 5.54. The highest BCUT2D eigenvalue weighted by Crippen LogP contribution is 2.37. The van der Waals surface area contributed by atoms with Crippen LogP contribution < -0.4 is 4.72 Å². The number of alkyl halides is 3. The van der Waals surface area contributed by atoms with E-state index in [-0.39, 0.29) is 22.3 Å². The van der Waals surface area contributed by atoms with E-state index in [1.165, 1.54) is 24.5 Å². The summed E-state index contributed by atoms with van der Waals surface area (Å²) in [6.07, 6.45) is -0.622. The van der Waals surface area contributed by atoms with E-state index in [0.29, 0.717) is 35.1 Å². The quantitative estimate of drug-likeness (QED) is 0.317. The van der Waals surface area contributed by atoms with Gasteiger partial charge in [0.05, 0.1) is 39.4 Å². The van der Waals surface area contributed by atoms with Crippen molar-refractivity contribution >= 4 is 32.5 Å². The maximum atomic E-state index is 14.7. The molecule has 0 amide bonds. The molecular weight excluding hydrogens is 534 g/mol. The van der Waals surface area contributed by atoms with E-state index < -0.39 is 33.0 Å². The number of hydrogen-bond donors (Lipinski definition) is 1. The van der Waals surface area contributed by atoms with Crippen LogP contribution in [0.25, 0.3) is 28.0 Å². The topological polar surface area (TPSA) is 101 Å². The van der Waals surface area contributed by atoms with Crippen LogP contribution in [0.3, 0.4) is 0 Å². The largest absolute Gasteiger partial charge is 0.404 e. The molecule has 0 aliphatic carbocycles. The van der Waals surface area contributed by atoms with Gasteiger partial charge in [-0.15, -0.1) is 0 Å². The number of nitriles is 1. The van der Waals surface area contributed by atoms with Crippen LogP contribution in [-0.4, -0.2) is 35.2 Å². The van der Waals surface area contributed by atoms with Crippen molar-refractivity contribution in [2.75, 3.05) is 0 Å². The Balaban J connectivity index is 1.93. The van der Waals surface area contributed by atoms with Gasteiger partial charge in [0, 0.05) is 17.8 Å². The standard InChI is InChI=1S/C24H18ClF4N5O2S/c1-3-14-6-22-18(8-20(14)26)19(9-30)23(34(22)16-7-15(25)10-31-11-16)21-5-4-17(12-32-21)37(35,36)33-13(2)24(27,28)29/h4-8,10-13,33H,3H2,1-2H3/t13-/m0/s1. The molecule has 3 aromatic heterocycles. The van der Waals surface area contributed by atoms with Crippen molar-refractivity contribution in [1.82, 2.24) is 19.3 Å². The summed E-state index contributed by atoms with van der Waals surface area (Å²) in [5.74, 6) is -0.501. The molecule has 0 unspecified atom stereocenters. The molecule has 0 saturated heterocycles. The fraction of sp³-hybridized carbons (Fsp3) is 0.208. The first-order valence-electron chi connectivity index (χ1n) is 10.8. The summed E-state index contributed by atoms with van der Waals surface area (Å²) in [5.41, 5.74) is 1.68. The number of rotatable bonds is 6. The smallest absolute Gasteiger partial charge is 0.305 e. The minimum atomic E-state index is -4.78. The lowest BCUT2D eigenvalue weighted by molar-refractivity contribution is -0.147. The van der Waals surface area contributed by atoms with Crippen molar-refractivity contribution < 1.29 is 26.0 Å². The predicted molar refractivity (Wildman–Crippen MR) is 129 cm³/mol. The number of nitrogens with one attached hydrogen (secondary N) is 1. The molecule has 0 aliphatic heterocycles. The third kappa shape index (κ3) is 5.02. The van der Waals surface area contributed by atoms with Crippen LogP contribution in [0.5, 0.6) is 0 Å². The molecule has 0 fully saturated rings. The maximum Gasteiger partial charge on any atom is 0.404 e. The van der Waals surface area contributed by atoms with Crippen LogP contribution in [0.1, 0.15) is 25.0 Å². The fourth-order valence-corrected chi connectivity index (χ4v) is 5.16. The Morgan fingerprint density at radius 1 is 1.19 bits per heavy atom. The molecule has 1 N–H and O–H groups in total. The van der Waals surface area contributed by atoms with Gasteiger partial charge in [-0.3, -0.25) is 9.97 Å². The molecule has 13 heteroatoms. The van der Waals surface area contributed by atoms with Crippen LogP contribution in [-0.2, 0) is 16.4 Å². The number of sulfonamides is 1. The average Bonchev–Trinajstić information content (AvgIpc) is 3.15. The molecule has 0 spiro atoms. The SMILES string of the molecule is CCc1cc2c(cc1F)c(C#N)c(-c1ccc(S(=O)(=O)N[C@@H](C)C(F)(F)F)cn1)n2-c1cncc(Cl)c1. The summed E-state index contributed by atoms with van der Waals surface area (Å²) in [5, 5.41) is 10.6. The molecule has 7 nitrogen and oxygen atoms in total. The number of fused-ring (bicyclic) bond motifs is 1. The molecule has 37 heavy (non-hydrogen) atoms. The van der Waals surface area contributed by atoms with Gasteiger partial charge in [-0.05, 0) is 49.2 Å². The van der Waals surface area contributed by atoms with Crippen LogP contribution in [0, 0.1) is 17.1 Å². The molecule has 192 valence electrons. The minimum Gasteiger partial charge on any atom is -0.305 e. The first kappa shape index (κ1) is 26.5. The van der Waals surface area contributed by atoms with Gasteiger partial charge < -0.3 is 4.57 Å². The Morgan fingerprint density at radius 3 is 2.49 bits per heavy atom. The van der Waals surface area contributed by atoms with E-state index >= 15 is 0 Å². The van der Waals surface area contributed by atoms with E-state index in [0.717, 1.165) is 12.3 Å². The highest BCUT2D eigenvalue weighted by Gasteiger charge is 2.39. The third-order valence-electron chi connectivity index (χ3n) is 5.69. The van der Waals surface area contributed by atoms with Gasteiger partial charge >= 0.3 is 6.18 Å². The molecule has 1 atom stereocenters. The van der Waals surface area contributed by atoms with Crippen LogP contribution in [0.15, 0.2) is 53.8 Å². The molecule has 4 aromatic rings. The number of benzene rings is 1. The Labute approximate surface area is 214 Å². The van der Waals surface area contributed by atoms with Gasteiger partial charge in [0.1, 0.15) is 22.8 Å². The zero-order valence-electron chi connectivity index (χ0n) is 19.3. The van der Waals surface area contributed by atoms with Crippen molar-refractivity contribution in [1.29, 1.82) is 5.26 Å². The number of nitrogens with zero attached hydrogens (tertiary/aromatic N) is 4. The third-order valence-corrected chi connectivity index (χ3v) is 7.42. The molecule has 0 saturated carbocycles. The van der Waals surface area contributed by atoms with E-state index in [4.69, 9.17) is 11.6 Å². The Bertz CT molecular complexity index is 1650. The lowest BCUT2D eigenvalue weighted by atomic mass is 10.1. The maximum absolute atomic E-state index is 14.7. The number of halogens is 5. The van der Waals surface area contributed by atoms with E-state index in [1.54, 1.807) is 28.3 Å². The summed E-state index contributed by atoms with van der Waals surface area (Å²) >= 11 is 6.14. The molecule has 0 bridgehead atoms. The Kier molecular flexibility index (Phi) is 6.98. The van der Waals surface area contributed by atoms with Crippen LogP contribution >= 0.6 is 11.6 Å². The number of aromatic nitrogens is 3. The number of hydrogen-bond acceptors (Lipinski definition) is 5. The molecular formula is C24H18ClF4N5O2S. The molecule has 4 rings (SSSR count). The van der Waals surface area contributed by atoms with Gasteiger partial charge in [-0.25, -0.2) is 12.8 Å². The number of pyridine rings is 2. The lowest BCUT2D eigenvalue weighted by Crippen LogP contribution is -2.42. The second-order valence-corrected chi connectivity index (χ2v) is 10.3. The van der Waals surface area contributed by atoms with Crippen LogP contribution in [0.2, 0.25) is 5.02 Å². The zero-order valence-corrected chi connectivity index (χ0v) is 20.9. The monoisotopic (exact) mass is 551 g/mol. The molecule has 3 heterocycles. The summed E-state index contributed by atoms with van der Waals surface area (Å²) in [4.78, 5) is 7.72. The van der Waals surface area contributed by atoms with Gasteiger partial charge in [-0.1, -0.05) is 18.5 Å². The van der Waals surface area contributed by atoms with Crippen molar-refractivity contribution in [2.24, 2.45) is 0 Å². The normalized spacial score (nSPS) is 13.0. The summed E-state index contributed by atoms with van der Waals surface area (Å²) in [6.45, 7) is 2.46. The van der Waals surface area contributed by atoms with Crippen molar-refractivity contribution in [3.8, 4) is 23.1 Å². The lowest BCUT2D eigenvalue weighted by Gasteiger charge is -2.17. The first-order valence-corrected chi connectivity index (χ1v) is 12.7. The summed E-state index contributed by atoms with van der Waals surface area (Å²) < 4.78 is 81.4. The van der Waals surface area contributed by atoms with Crippen molar-refractivity contribution in [2.45, 2.75) is 37.4 Å². The minimum absolute atomic E-state index is 0.0588. The highest BCUT2D eigenvalue weighted by atomic mass is 35.5. The van der Waals surface area contributed by atoms with E-state index in [2.05, 4.69) is 16.0 Å².